The Morgan fingerprint density at radius 3 is 1.71 bits per heavy atom. The zero-order valence-electron chi connectivity index (χ0n) is 9.39. The van der Waals surface area contributed by atoms with Crippen molar-refractivity contribution in [3.63, 3.8) is 0 Å². The number of ether oxygens (including phenoxy) is 1. The van der Waals surface area contributed by atoms with Crippen molar-refractivity contribution < 1.29 is 4.74 Å². The van der Waals surface area contributed by atoms with Crippen molar-refractivity contribution in [3.05, 3.63) is 20.9 Å². The van der Waals surface area contributed by atoms with E-state index in [9.17, 15) is 0 Å². The molecule has 1 aliphatic rings. The first-order valence-corrected chi connectivity index (χ1v) is 6.15. The molecule has 0 radical (unpaired) electrons. The van der Waals surface area contributed by atoms with E-state index in [1.807, 2.05) is 11.3 Å². The summed E-state index contributed by atoms with van der Waals surface area (Å²) in [7, 11) is 0. The molecule has 0 spiro atoms. The highest BCUT2D eigenvalue weighted by Crippen LogP contribution is 2.41. The smallest absolute Gasteiger partial charge is 0.0736 e. The van der Waals surface area contributed by atoms with Crippen molar-refractivity contribution in [2.45, 2.75) is 52.7 Å². The molecule has 1 nitrogen and oxygen atoms in total. The van der Waals surface area contributed by atoms with E-state index in [1.54, 1.807) is 9.75 Å². The normalized spacial score (nSPS) is 15.6. The minimum Gasteiger partial charge on any atom is -0.372 e. The first-order chi connectivity index (χ1) is 6.61. The lowest BCUT2D eigenvalue weighted by atomic mass is 10.0. The molecular weight excluding hydrogens is 192 g/mol. The summed E-state index contributed by atoms with van der Waals surface area (Å²) in [5.41, 5.74) is 2.99. The number of hydrogen-bond donors (Lipinski definition) is 0. The topological polar surface area (TPSA) is 9.23 Å². The largest absolute Gasteiger partial charge is 0.372 e. The lowest BCUT2D eigenvalue weighted by molar-refractivity contribution is 0.133. The molecule has 0 fully saturated rings. The van der Waals surface area contributed by atoms with Gasteiger partial charge in [0.1, 0.15) is 0 Å². The fourth-order valence-corrected chi connectivity index (χ4v) is 3.36. The number of fused-ring (bicyclic) bond motifs is 1. The molecule has 2 rings (SSSR count). The van der Waals surface area contributed by atoms with E-state index in [-0.39, 0.29) is 0 Å². The summed E-state index contributed by atoms with van der Waals surface area (Å²) in [4.78, 5) is 3.09. The monoisotopic (exact) mass is 210 g/mol. The van der Waals surface area contributed by atoms with Crippen molar-refractivity contribution in [2.24, 2.45) is 0 Å². The standard InChI is InChI=1S/C12H18OS/c1-7(2)11-9-5-13-6-10(9)12(14-11)8(3)4/h7-8H,5-6H2,1-4H3. The van der Waals surface area contributed by atoms with Crippen LogP contribution in [0.4, 0.5) is 0 Å². The number of hydrogen-bond acceptors (Lipinski definition) is 2. The van der Waals surface area contributed by atoms with Crippen LogP contribution in [0.25, 0.3) is 0 Å². The van der Waals surface area contributed by atoms with E-state index in [0.29, 0.717) is 11.8 Å². The average molecular weight is 210 g/mol. The van der Waals surface area contributed by atoms with Gasteiger partial charge in [0, 0.05) is 9.75 Å². The lowest BCUT2D eigenvalue weighted by Crippen LogP contribution is -1.88. The third-order valence-corrected chi connectivity index (χ3v) is 4.60. The summed E-state index contributed by atoms with van der Waals surface area (Å²) in [5, 5.41) is 0. The Labute approximate surface area is 90.1 Å². The Morgan fingerprint density at radius 1 is 0.929 bits per heavy atom. The Bertz CT molecular complexity index is 306. The summed E-state index contributed by atoms with van der Waals surface area (Å²) in [5.74, 6) is 1.28. The molecule has 0 amide bonds. The molecule has 0 N–H and O–H groups in total. The van der Waals surface area contributed by atoms with Crippen molar-refractivity contribution >= 4 is 11.3 Å². The second-order valence-electron chi connectivity index (χ2n) is 4.59. The predicted molar refractivity (Wildman–Crippen MR) is 61.0 cm³/mol. The molecule has 2 heteroatoms. The van der Waals surface area contributed by atoms with Gasteiger partial charge in [0.05, 0.1) is 13.2 Å². The Hall–Kier alpha value is -0.340. The van der Waals surface area contributed by atoms with Gasteiger partial charge in [-0.2, -0.15) is 0 Å². The van der Waals surface area contributed by atoms with Crippen LogP contribution >= 0.6 is 11.3 Å². The molecule has 0 saturated carbocycles. The molecule has 1 aromatic heterocycles. The highest BCUT2D eigenvalue weighted by atomic mass is 32.1. The Balaban J connectivity index is 2.49. The SMILES string of the molecule is CC(C)c1sc(C(C)C)c2c1COC2. The summed E-state index contributed by atoms with van der Waals surface area (Å²) in [6.07, 6.45) is 0. The molecule has 0 unspecified atom stereocenters. The Morgan fingerprint density at radius 2 is 1.36 bits per heavy atom. The van der Waals surface area contributed by atoms with E-state index in [0.717, 1.165) is 13.2 Å². The molecular formula is C12H18OS. The van der Waals surface area contributed by atoms with Gasteiger partial charge in [-0.1, -0.05) is 27.7 Å². The second-order valence-corrected chi connectivity index (χ2v) is 5.67. The van der Waals surface area contributed by atoms with Crippen LogP contribution in [0.2, 0.25) is 0 Å². The maximum Gasteiger partial charge on any atom is 0.0736 e. The van der Waals surface area contributed by atoms with E-state index in [1.165, 1.54) is 11.1 Å². The molecule has 78 valence electrons. The fraction of sp³-hybridized carbons (Fsp3) is 0.667. The quantitative estimate of drug-likeness (QED) is 0.716. The fourth-order valence-electron chi connectivity index (χ4n) is 2.04. The lowest BCUT2D eigenvalue weighted by Gasteiger charge is -2.04. The second kappa shape index (κ2) is 3.67. The van der Waals surface area contributed by atoms with Gasteiger partial charge in [-0.25, -0.2) is 0 Å². The van der Waals surface area contributed by atoms with E-state index < -0.39 is 0 Å². The number of rotatable bonds is 2. The van der Waals surface area contributed by atoms with Crippen LogP contribution < -0.4 is 0 Å². The average Bonchev–Trinajstić information content (AvgIpc) is 2.59. The third kappa shape index (κ3) is 1.51. The molecule has 0 aromatic carbocycles. The molecule has 1 aromatic rings. The summed E-state index contributed by atoms with van der Waals surface area (Å²) >= 11 is 2.00. The zero-order chi connectivity index (χ0) is 10.3. The van der Waals surface area contributed by atoms with Gasteiger partial charge in [-0.05, 0) is 23.0 Å². The van der Waals surface area contributed by atoms with Gasteiger partial charge < -0.3 is 4.74 Å². The van der Waals surface area contributed by atoms with Gasteiger partial charge in [-0.15, -0.1) is 11.3 Å². The molecule has 0 aliphatic carbocycles. The summed E-state index contributed by atoms with van der Waals surface area (Å²) in [6.45, 7) is 10.8. The maximum atomic E-state index is 5.54. The molecule has 1 aliphatic heterocycles. The van der Waals surface area contributed by atoms with E-state index in [4.69, 9.17) is 4.74 Å². The minimum absolute atomic E-state index is 0.642. The van der Waals surface area contributed by atoms with Gasteiger partial charge in [0.25, 0.3) is 0 Å². The van der Waals surface area contributed by atoms with Crippen molar-refractivity contribution in [2.75, 3.05) is 0 Å². The first-order valence-electron chi connectivity index (χ1n) is 5.33. The van der Waals surface area contributed by atoms with Crippen LogP contribution in [0.15, 0.2) is 0 Å². The highest BCUT2D eigenvalue weighted by molar-refractivity contribution is 7.12. The first kappa shape index (κ1) is 10.2. The highest BCUT2D eigenvalue weighted by Gasteiger charge is 2.25. The number of thiophene rings is 1. The van der Waals surface area contributed by atoms with Gasteiger partial charge in [0.15, 0.2) is 0 Å². The zero-order valence-corrected chi connectivity index (χ0v) is 10.2. The minimum atomic E-state index is 0.642. The Kier molecular flexibility index (Phi) is 2.67. The van der Waals surface area contributed by atoms with Crippen LogP contribution in [0, 0.1) is 0 Å². The van der Waals surface area contributed by atoms with E-state index in [2.05, 4.69) is 27.7 Å². The molecule has 0 bridgehead atoms. The van der Waals surface area contributed by atoms with Crippen LogP contribution in [0.1, 0.15) is 60.4 Å². The maximum absolute atomic E-state index is 5.54. The van der Waals surface area contributed by atoms with Crippen LogP contribution in [0.5, 0.6) is 0 Å². The van der Waals surface area contributed by atoms with Crippen molar-refractivity contribution in [1.82, 2.24) is 0 Å². The van der Waals surface area contributed by atoms with Gasteiger partial charge in [0.2, 0.25) is 0 Å². The van der Waals surface area contributed by atoms with Crippen LogP contribution in [-0.2, 0) is 18.0 Å². The summed E-state index contributed by atoms with van der Waals surface area (Å²) < 4.78 is 5.54. The predicted octanol–water partition coefficient (Wildman–Crippen LogP) is 4.03. The van der Waals surface area contributed by atoms with Gasteiger partial charge >= 0.3 is 0 Å². The van der Waals surface area contributed by atoms with Crippen molar-refractivity contribution in [1.29, 1.82) is 0 Å². The third-order valence-electron chi connectivity index (χ3n) is 2.72. The van der Waals surface area contributed by atoms with Crippen LogP contribution in [-0.4, -0.2) is 0 Å². The molecule has 14 heavy (non-hydrogen) atoms. The summed E-state index contributed by atoms with van der Waals surface area (Å²) in [6, 6.07) is 0. The van der Waals surface area contributed by atoms with Crippen LogP contribution in [0.3, 0.4) is 0 Å². The van der Waals surface area contributed by atoms with E-state index >= 15 is 0 Å². The molecule has 2 heterocycles. The van der Waals surface area contributed by atoms with Crippen molar-refractivity contribution in [3.8, 4) is 0 Å². The molecule has 0 atom stereocenters. The molecule has 0 saturated heterocycles. The van der Waals surface area contributed by atoms with Gasteiger partial charge in [-0.3, -0.25) is 0 Å².